The minimum atomic E-state index is -0.0261. The van der Waals surface area contributed by atoms with Crippen LogP contribution in [0.5, 0.6) is 11.5 Å². The van der Waals surface area contributed by atoms with Gasteiger partial charge in [-0.15, -0.1) is 6.58 Å². The molecule has 2 aromatic rings. The number of nitrogens with two attached hydrogens (primary N) is 1. The first-order chi connectivity index (χ1) is 8.79. The van der Waals surface area contributed by atoms with E-state index in [0.717, 1.165) is 23.5 Å². The van der Waals surface area contributed by atoms with Gasteiger partial charge in [0.25, 0.3) is 0 Å². The molecule has 2 heteroatoms. The van der Waals surface area contributed by atoms with E-state index in [-0.39, 0.29) is 6.04 Å². The van der Waals surface area contributed by atoms with E-state index < -0.39 is 0 Å². The molecule has 0 bridgehead atoms. The van der Waals surface area contributed by atoms with E-state index in [1.807, 2.05) is 60.7 Å². The highest BCUT2D eigenvalue weighted by atomic mass is 16.5. The van der Waals surface area contributed by atoms with Gasteiger partial charge in [-0.1, -0.05) is 36.4 Å². The summed E-state index contributed by atoms with van der Waals surface area (Å²) >= 11 is 0. The Balaban J connectivity index is 2.15. The van der Waals surface area contributed by atoms with Crippen LogP contribution in [-0.4, -0.2) is 0 Å². The lowest BCUT2D eigenvalue weighted by Crippen LogP contribution is -2.08. The van der Waals surface area contributed by atoms with Crippen LogP contribution in [0.2, 0.25) is 0 Å². The molecule has 0 heterocycles. The van der Waals surface area contributed by atoms with Gasteiger partial charge in [-0.05, 0) is 36.2 Å². The Morgan fingerprint density at radius 2 is 1.78 bits per heavy atom. The van der Waals surface area contributed by atoms with E-state index in [0.29, 0.717) is 0 Å². The topological polar surface area (TPSA) is 35.2 Å². The van der Waals surface area contributed by atoms with Gasteiger partial charge in [-0.25, -0.2) is 0 Å². The largest absolute Gasteiger partial charge is 0.457 e. The second kappa shape index (κ2) is 6.03. The molecule has 18 heavy (non-hydrogen) atoms. The Morgan fingerprint density at radius 1 is 1.06 bits per heavy atom. The average Bonchev–Trinajstić information content (AvgIpc) is 2.40. The van der Waals surface area contributed by atoms with Crippen molar-refractivity contribution in [2.24, 2.45) is 5.73 Å². The van der Waals surface area contributed by atoms with Crippen molar-refractivity contribution in [1.29, 1.82) is 0 Å². The molecule has 0 saturated carbocycles. The van der Waals surface area contributed by atoms with Crippen LogP contribution in [0.25, 0.3) is 0 Å². The predicted octanol–water partition coefficient (Wildman–Crippen LogP) is 4.05. The number of hydrogen-bond donors (Lipinski definition) is 1. The first kappa shape index (κ1) is 12.4. The first-order valence-corrected chi connectivity index (χ1v) is 5.99. The molecule has 0 aliphatic rings. The van der Waals surface area contributed by atoms with Gasteiger partial charge in [0, 0.05) is 6.04 Å². The average molecular weight is 239 g/mol. The highest BCUT2D eigenvalue weighted by molar-refractivity contribution is 5.35. The zero-order chi connectivity index (χ0) is 12.8. The molecule has 2 aromatic carbocycles. The van der Waals surface area contributed by atoms with Crippen molar-refractivity contribution in [3.8, 4) is 11.5 Å². The van der Waals surface area contributed by atoms with E-state index in [4.69, 9.17) is 10.5 Å². The van der Waals surface area contributed by atoms with Crippen molar-refractivity contribution in [3.63, 3.8) is 0 Å². The summed E-state index contributed by atoms with van der Waals surface area (Å²) in [5.41, 5.74) is 7.10. The van der Waals surface area contributed by atoms with Gasteiger partial charge in [-0.2, -0.15) is 0 Å². The van der Waals surface area contributed by atoms with E-state index >= 15 is 0 Å². The monoisotopic (exact) mass is 239 g/mol. The van der Waals surface area contributed by atoms with Gasteiger partial charge < -0.3 is 10.5 Å². The molecule has 92 valence electrons. The molecule has 1 atom stereocenters. The molecule has 0 unspecified atom stereocenters. The Bertz CT molecular complexity index is 508. The Hall–Kier alpha value is -2.06. The van der Waals surface area contributed by atoms with Crippen LogP contribution in [0, 0.1) is 0 Å². The zero-order valence-electron chi connectivity index (χ0n) is 10.3. The van der Waals surface area contributed by atoms with Crippen LogP contribution in [0.1, 0.15) is 18.0 Å². The normalized spacial score (nSPS) is 11.8. The third-order valence-corrected chi connectivity index (χ3v) is 2.69. The molecule has 0 aliphatic heterocycles. The smallest absolute Gasteiger partial charge is 0.127 e. The van der Waals surface area contributed by atoms with E-state index in [9.17, 15) is 0 Å². The molecule has 2 nitrogen and oxygen atoms in total. The van der Waals surface area contributed by atoms with E-state index in [1.54, 1.807) is 0 Å². The second-order valence-electron chi connectivity index (χ2n) is 4.12. The predicted molar refractivity (Wildman–Crippen MR) is 74.7 cm³/mol. The van der Waals surface area contributed by atoms with Gasteiger partial charge in [-0.3, -0.25) is 0 Å². The summed E-state index contributed by atoms with van der Waals surface area (Å²) in [6.07, 6.45) is 2.59. The summed E-state index contributed by atoms with van der Waals surface area (Å²) < 4.78 is 5.77. The van der Waals surface area contributed by atoms with Gasteiger partial charge in [0.2, 0.25) is 0 Å². The van der Waals surface area contributed by atoms with Crippen molar-refractivity contribution in [3.05, 3.63) is 72.8 Å². The summed E-state index contributed by atoms with van der Waals surface area (Å²) in [6.45, 7) is 3.71. The molecule has 2 rings (SSSR count). The van der Waals surface area contributed by atoms with Crippen LogP contribution >= 0.6 is 0 Å². The molecule has 0 amide bonds. The number of para-hydroxylation sites is 1. The van der Waals surface area contributed by atoms with Gasteiger partial charge >= 0.3 is 0 Å². The van der Waals surface area contributed by atoms with Crippen LogP contribution in [0.3, 0.4) is 0 Å². The summed E-state index contributed by atoms with van der Waals surface area (Å²) in [5, 5.41) is 0. The molecule has 0 spiro atoms. The highest BCUT2D eigenvalue weighted by Crippen LogP contribution is 2.24. The molecular formula is C16H17NO. The van der Waals surface area contributed by atoms with Crippen molar-refractivity contribution in [1.82, 2.24) is 0 Å². The lowest BCUT2D eigenvalue weighted by Gasteiger charge is -2.11. The van der Waals surface area contributed by atoms with Gasteiger partial charge in [0.15, 0.2) is 0 Å². The third kappa shape index (κ3) is 3.22. The lowest BCUT2D eigenvalue weighted by atomic mass is 10.0. The van der Waals surface area contributed by atoms with Crippen molar-refractivity contribution in [2.75, 3.05) is 0 Å². The zero-order valence-corrected chi connectivity index (χ0v) is 10.3. The van der Waals surface area contributed by atoms with E-state index in [1.165, 1.54) is 0 Å². The van der Waals surface area contributed by atoms with Crippen LogP contribution in [0.4, 0.5) is 0 Å². The number of ether oxygens (including phenoxy) is 1. The Labute approximate surface area is 108 Å². The molecule has 0 saturated heterocycles. The Morgan fingerprint density at radius 3 is 2.50 bits per heavy atom. The number of hydrogen-bond acceptors (Lipinski definition) is 2. The summed E-state index contributed by atoms with van der Waals surface area (Å²) in [7, 11) is 0. The minimum absolute atomic E-state index is 0.0261. The lowest BCUT2D eigenvalue weighted by molar-refractivity contribution is 0.481. The van der Waals surface area contributed by atoms with Crippen LogP contribution in [0.15, 0.2) is 67.3 Å². The first-order valence-electron chi connectivity index (χ1n) is 5.99. The third-order valence-electron chi connectivity index (χ3n) is 2.69. The summed E-state index contributed by atoms with van der Waals surface area (Å²) in [4.78, 5) is 0. The van der Waals surface area contributed by atoms with E-state index in [2.05, 4.69) is 6.58 Å². The fourth-order valence-electron chi connectivity index (χ4n) is 1.75. The van der Waals surface area contributed by atoms with Gasteiger partial charge in [0.1, 0.15) is 11.5 Å². The second-order valence-corrected chi connectivity index (χ2v) is 4.12. The fourth-order valence-corrected chi connectivity index (χ4v) is 1.75. The molecule has 2 N–H and O–H groups in total. The van der Waals surface area contributed by atoms with Crippen LogP contribution < -0.4 is 10.5 Å². The fraction of sp³-hybridized carbons (Fsp3) is 0.125. The standard InChI is InChI=1S/C16H17NO/c1-2-7-16(17)13-8-6-11-15(12-13)18-14-9-4-3-5-10-14/h2-6,8-12,16H,1,7,17H2/t16-/m0/s1. The van der Waals surface area contributed by atoms with Crippen molar-refractivity contribution in [2.45, 2.75) is 12.5 Å². The molecule has 0 aliphatic carbocycles. The minimum Gasteiger partial charge on any atom is -0.457 e. The Kier molecular flexibility index (Phi) is 4.15. The molecule has 0 radical (unpaired) electrons. The number of rotatable bonds is 5. The maximum Gasteiger partial charge on any atom is 0.127 e. The highest BCUT2D eigenvalue weighted by Gasteiger charge is 2.05. The molecule has 0 aromatic heterocycles. The van der Waals surface area contributed by atoms with Crippen molar-refractivity contribution < 1.29 is 4.74 Å². The molecular weight excluding hydrogens is 222 g/mol. The van der Waals surface area contributed by atoms with Crippen LogP contribution in [-0.2, 0) is 0 Å². The molecule has 0 fully saturated rings. The summed E-state index contributed by atoms with van der Waals surface area (Å²) in [5.74, 6) is 1.63. The SMILES string of the molecule is C=CC[C@H](N)c1cccc(Oc2ccccc2)c1. The van der Waals surface area contributed by atoms with Gasteiger partial charge in [0.05, 0.1) is 0 Å². The number of benzene rings is 2. The summed E-state index contributed by atoms with van der Waals surface area (Å²) in [6, 6.07) is 17.5. The van der Waals surface area contributed by atoms with Crippen molar-refractivity contribution >= 4 is 0 Å². The maximum atomic E-state index is 6.04. The quantitative estimate of drug-likeness (QED) is 0.799. The maximum absolute atomic E-state index is 6.04.